The van der Waals surface area contributed by atoms with Gasteiger partial charge in [0, 0.05) is 36.6 Å². The van der Waals surface area contributed by atoms with E-state index in [2.05, 4.69) is 43.6 Å². The van der Waals surface area contributed by atoms with Crippen molar-refractivity contribution < 1.29 is 14.3 Å². The number of aryl methyl sites for hydroxylation is 1. The summed E-state index contributed by atoms with van der Waals surface area (Å²) in [5, 5.41) is 9.94. The molecular formula is C22H25N5O3. The molecule has 0 aliphatic heterocycles. The molecule has 0 aliphatic carbocycles. The van der Waals surface area contributed by atoms with Crippen LogP contribution in [-0.2, 0) is 17.7 Å². The Morgan fingerprint density at radius 3 is 2.60 bits per heavy atom. The summed E-state index contributed by atoms with van der Waals surface area (Å²) in [5.41, 5.74) is 3.90. The van der Waals surface area contributed by atoms with Crippen LogP contribution >= 0.6 is 0 Å². The van der Waals surface area contributed by atoms with Crippen molar-refractivity contribution in [3.8, 4) is 11.1 Å². The van der Waals surface area contributed by atoms with Gasteiger partial charge in [-0.2, -0.15) is 0 Å². The van der Waals surface area contributed by atoms with Crippen LogP contribution in [0.4, 0.5) is 15.4 Å². The number of nitrogens with zero attached hydrogens (tertiary/aromatic N) is 2. The minimum atomic E-state index is -0.503. The first kappa shape index (κ1) is 21.0. The second-order valence-corrected chi connectivity index (χ2v) is 6.61. The van der Waals surface area contributed by atoms with Gasteiger partial charge >= 0.3 is 12.1 Å². The molecule has 8 nitrogen and oxygen atoms in total. The van der Waals surface area contributed by atoms with Crippen LogP contribution in [0.25, 0.3) is 21.9 Å². The predicted molar refractivity (Wildman–Crippen MR) is 116 cm³/mol. The molecule has 0 atom stereocenters. The highest BCUT2D eigenvalue weighted by Gasteiger charge is 2.12. The molecule has 3 aromatic rings. The molecule has 3 amide bonds. The molecule has 0 fully saturated rings. The van der Waals surface area contributed by atoms with Gasteiger partial charge in [0.2, 0.25) is 0 Å². The van der Waals surface area contributed by atoms with Crippen molar-refractivity contribution in [1.29, 1.82) is 0 Å². The third kappa shape index (κ3) is 4.83. The molecule has 0 saturated carbocycles. The van der Waals surface area contributed by atoms with E-state index in [1.54, 1.807) is 12.4 Å². The molecule has 0 bridgehead atoms. The van der Waals surface area contributed by atoms with E-state index in [0.717, 1.165) is 39.6 Å². The SMILES string of the molecule is CCNC(=O)Nc1cc2c(-c3ccnc(CC)c3)ccc(CNC(=O)OC)c2cn1. The van der Waals surface area contributed by atoms with Gasteiger partial charge < -0.3 is 15.4 Å². The minimum absolute atomic E-state index is 0.296. The van der Waals surface area contributed by atoms with Crippen LogP contribution in [0.2, 0.25) is 0 Å². The first-order valence-electron chi connectivity index (χ1n) is 9.79. The number of ether oxygens (including phenoxy) is 1. The van der Waals surface area contributed by atoms with Crippen molar-refractivity contribution in [2.45, 2.75) is 26.8 Å². The lowest BCUT2D eigenvalue weighted by atomic mass is 9.96. The second-order valence-electron chi connectivity index (χ2n) is 6.61. The van der Waals surface area contributed by atoms with E-state index in [-0.39, 0.29) is 6.03 Å². The highest BCUT2D eigenvalue weighted by atomic mass is 16.5. The molecule has 0 unspecified atom stereocenters. The average molecular weight is 407 g/mol. The van der Waals surface area contributed by atoms with Crippen LogP contribution in [-0.4, -0.2) is 35.7 Å². The van der Waals surface area contributed by atoms with Gasteiger partial charge in [-0.3, -0.25) is 10.3 Å². The molecule has 30 heavy (non-hydrogen) atoms. The van der Waals surface area contributed by atoms with Crippen LogP contribution in [0.1, 0.15) is 25.1 Å². The van der Waals surface area contributed by atoms with Gasteiger partial charge in [-0.1, -0.05) is 19.1 Å². The third-order valence-electron chi connectivity index (χ3n) is 4.67. The normalized spacial score (nSPS) is 10.5. The summed E-state index contributed by atoms with van der Waals surface area (Å²) < 4.78 is 4.66. The van der Waals surface area contributed by atoms with Crippen LogP contribution < -0.4 is 16.0 Å². The zero-order chi connectivity index (χ0) is 21.5. The first-order valence-corrected chi connectivity index (χ1v) is 9.79. The van der Waals surface area contributed by atoms with Crippen molar-refractivity contribution in [3.05, 3.63) is 54.0 Å². The van der Waals surface area contributed by atoms with Crippen LogP contribution in [0, 0.1) is 0 Å². The number of nitrogens with one attached hydrogen (secondary N) is 3. The molecule has 156 valence electrons. The Kier molecular flexibility index (Phi) is 6.79. The van der Waals surface area contributed by atoms with Gasteiger partial charge in [-0.15, -0.1) is 0 Å². The Labute approximate surface area is 175 Å². The molecular weight excluding hydrogens is 382 g/mol. The van der Waals surface area contributed by atoms with Gasteiger partial charge in [0.15, 0.2) is 0 Å². The predicted octanol–water partition coefficient (Wildman–Crippen LogP) is 3.86. The highest BCUT2D eigenvalue weighted by molar-refractivity contribution is 6.01. The molecule has 2 heterocycles. The molecule has 3 rings (SSSR count). The van der Waals surface area contributed by atoms with Gasteiger partial charge in [0.1, 0.15) is 5.82 Å². The number of methoxy groups -OCH3 is 1. The molecule has 0 radical (unpaired) electrons. The fraction of sp³-hybridized carbons (Fsp3) is 0.273. The molecule has 0 saturated heterocycles. The summed E-state index contributed by atoms with van der Waals surface area (Å²) in [6, 6.07) is 9.50. The zero-order valence-corrected chi connectivity index (χ0v) is 17.3. The number of hydrogen-bond acceptors (Lipinski definition) is 5. The van der Waals surface area contributed by atoms with Crippen molar-refractivity contribution in [2.75, 3.05) is 19.0 Å². The maximum atomic E-state index is 11.9. The second kappa shape index (κ2) is 9.69. The van der Waals surface area contributed by atoms with Crippen LogP contribution in [0.5, 0.6) is 0 Å². The summed E-state index contributed by atoms with van der Waals surface area (Å²) >= 11 is 0. The molecule has 1 aromatic carbocycles. The van der Waals surface area contributed by atoms with Crippen molar-refractivity contribution in [2.24, 2.45) is 0 Å². The lowest BCUT2D eigenvalue weighted by Crippen LogP contribution is -2.28. The zero-order valence-electron chi connectivity index (χ0n) is 17.3. The number of hydrogen-bond donors (Lipinski definition) is 3. The molecule has 0 spiro atoms. The Morgan fingerprint density at radius 2 is 1.87 bits per heavy atom. The Hall–Kier alpha value is -3.68. The maximum absolute atomic E-state index is 11.9. The largest absolute Gasteiger partial charge is 0.453 e. The quantitative estimate of drug-likeness (QED) is 0.575. The number of rotatable bonds is 6. The number of anilines is 1. The smallest absolute Gasteiger partial charge is 0.407 e. The Bertz CT molecular complexity index is 1070. The van der Waals surface area contributed by atoms with E-state index < -0.39 is 6.09 Å². The van der Waals surface area contributed by atoms with E-state index in [1.807, 2.05) is 31.2 Å². The monoisotopic (exact) mass is 407 g/mol. The molecule has 2 aromatic heterocycles. The lowest BCUT2D eigenvalue weighted by molar-refractivity contribution is 0.170. The van der Waals surface area contributed by atoms with Crippen molar-refractivity contribution in [3.63, 3.8) is 0 Å². The summed E-state index contributed by atoms with van der Waals surface area (Å²) in [6.07, 6.45) is 3.83. The van der Waals surface area contributed by atoms with Gasteiger partial charge in [0.05, 0.1) is 7.11 Å². The van der Waals surface area contributed by atoms with Gasteiger partial charge in [-0.05, 0) is 53.6 Å². The standard InChI is InChI=1S/C22H25N5O3/c1-4-16-10-14(8-9-24-16)17-7-6-15(12-26-22(29)30-3)19-13-25-20(11-18(17)19)27-21(28)23-5-2/h6-11,13H,4-5,12H2,1-3H3,(H,26,29)(H2,23,25,27,28). The number of urea groups is 1. The number of carbonyl (C=O) groups is 2. The summed E-state index contributed by atoms with van der Waals surface area (Å²) in [6.45, 7) is 4.72. The minimum Gasteiger partial charge on any atom is -0.453 e. The molecule has 0 aliphatic rings. The van der Waals surface area contributed by atoms with Crippen LogP contribution in [0.15, 0.2) is 42.7 Å². The summed E-state index contributed by atoms with van der Waals surface area (Å²) in [4.78, 5) is 32.2. The van der Waals surface area contributed by atoms with Crippen molar-refractivity contribution in [1.82, 2.24) is 20.6 Å². The Balaban J connectivity index is 2.09. The maximum Gasteiger partial charge on any atom is 0.407 e. The number of amides is 3. The Morgan fingerprint density at radius 1 is 1.03 bits per heavy atom. The third-order valence-corrected chi connectivity index (χ3v) is 4.67. The number of benzene rings is 1. The number of fused-ring (bicyclic) bond motifs is 1. The fourth-order valence-corrected chi connectivity index (χ4v) is 3.17. The van der Waals surface area contributed by atoms with E-state index in [1.165, 1.54) is 7.11 Å². The highest BCUT2D eigenvalue weighted by Crippen LogP contribution is 2.32. The number of carbonyl (C=O) groups excluding carboxylic acids is 2. The average Bonchev–Trinajstić information content (AvgIpc) is 2.77. The first-order chi connectivity index (χ1) is 14.5. The summed E-state index contributed by atoms with van der Waals surface area (Å²) in [5.74, 6) is 0.442. The van der Waals surface area contributed by atoms with E-state index >= 15 is 0 Å². The van der Waals surface area contributed by atoms with Crippen molar-refractivity contribution >= 4 is 28.7 Å². The molecule has 8 heteroatoms. The topological polar surface area (TPSA) is 105 Å². The van der Waals surface area contributed by atoms with E-state index in [9.17, 15) is 9.59 Å². The summed E-state index contributed by atoms with van der Waals surface area (Å²) in [7, 11) is 1.33. The number of pyridine rings is 2. The molecule has 3 N–H and O–H groups in total. The van der Waals surface area contributed by atoms with Crippen LogP contribution in [0.3, 0.4) is 0 Å². The van der Waals surface area contributed by atoms with E-state index in [4.69, 9.17) is 0 Å². The van der Waals surface area contributed by atoms with Gasteiger partial charge in [0.25, 0.3) is 0 Å². The number of aromatic nitrogens is 2. The lowest BCUT2D eigenvalue weighted by Gasteiger charge is -2.14. The van der Waals surface area contributed by atoms with E-state index in [0.29, 0.717) is 18.9 Å². The van der Waals surface area contributed by atoms with Gasteiger partial charge in [-0.25, -0.2) is 14.6 Å². The number of alkyl carbamates (subject to hydrolysis) is 1. The fourth-order valence-electron chi connectivity index (χ4n) is 3.17.